The summed E-state index contributed by atoms with van der Waals surface area (Å²) in [7, 11) is 0. The third-order valence-corrected chi connectivity index (χ3v) is 3.04. The zero-order valence-electron chi connectivity index (χ0n) is 10.2. The second-order valence-corrected chi connectivity index (χ2v) is 4.22. The Bertz CT molecular complexity index is 624. The molecular weight excluding hydrogens is 244 g/mol. The minimum Gasteiger partial charge on any atom is -0.382 e. The fourth-order valence-electron chi connectivity index (χ4n) is 2.14. The van der Waals surface area contributed by atoms with Gasteiger partial charge in [0.1, 0.15) is 29.2 Å². The van der Waals surface area contributed by atoms with Crippen LogP contribution in [0.2, 0.25) is 0 Å². The first kappa shape index (κ1) is 11.6. The van der Waals surface area contributed by atoms with Crippen LogP contribution < -0.4 is 5.73 Å². The van der Waals surface area contributed by atoms with Crippen molar-refractivity contribution in [1.29, 1.82) is 5.26 Å². The van der Waals surface area contributed by atoms with E-state index < -0.39 is 0 Å². The lowest BCUT2D eigenvalue weighted by atomic mass is 10.1. The van der Waals surface area contributed by atoms with E-state index in [1.165, 1.54) is 4.68 Å². The molecule has 2 N–H and O–H groups in total. The smallest absolute Gasteiger partial charge is 0.252 e. The van der Waals surface area contributed by atoms with Crippen molar-refractivity contribution in [1.82, 2.24) is 19.7 Å². The summed E-state index contributed by atoms with van der Waals surface area (Å²) >= 11 is 0. The average molecular weight is 256 g/mol. The first-order chi connectivity index (χ1) is 9.31. The normalized spacial score (nSPS) is 18.4. The number of rotatable bonds is 2. The van der Waals surface area contributed by atoms with Crippen molar-refractivity contribution in [3.63, 3.8) is 0 Å². The first-order valence-corrected chi connectivity index (χ1v) is 5.98. The van der Waals surface area contributed by atoms with Gasteiger partial charge >= 0.3 is 0 Å². The lowest BCUT2D eigenvalue weighted by Gasteiger charge is -2.05. The van der Waals surface area contributed by atoms with Crippen molar-refractivity contribution in [2.24, 2.45) is 0 Å². The predicted molar refractivity (Wildman–Crippen MR) is 66.2 cm³/mol. The third-order valence-electron chi connectivity index (χ3n) is 3.04. The highest BCUT2D eigenvalue weighted by Crippen LogP contribution is 2.32. The van der Waals surface area contributed by atoms with Crippen LogP contribution in [0.15, 0.2) is 18.5 Å². The van der Waals surface area contributed by atoms with Crippen molar-refractivity contribution in [2.45, 2.75) is 18.9 Å². The Labute approximate surface area is 109 Å². The molecule has 19 heavy (non-hydrogen) atoms. The van der Waals surface area contributed by atoms with Crippen LogP contribution in [-0.4, -0.2) is 26.4 Å². The van der Waals surface area contributed by atoms with E-state index in [9.17, 15) is 5.26 Å². The summed E-state index contributed by atoms with van der Waals surface area (Å²) in [5, 5.41) is 13.6. The maximum absolute atomic E-state index is 9.24. The monoisotopic (exact) mass is 256 g/mol. The molecule has 96 valence electrons. The fraction of sp³-hybridized carbons (Fsp3) is 0.333. The molecule has 1 fully saturated rings. The van der Waals surface area contributed by atoms with Crippen LogP contribution in [0.3, 0.4) is 0 Å². The summed E-state index contributed by atoms with van der Waals surface area (Å²) in [6.45, 7) is 0.685. The molecule has 1 aliphatic heterocycles. The Morgan fingerprint density at radius 3 is 2.84 bits per heavy atom. The van der Waals surface area contributed by atoms with Gasteiger partial charge in [-0.25, -0.2) is 9.97 Å². The molecule has 2 aromatic rings. The molecular formula is C12H12N6O. The lowest BCUT2D eigenvalue weighted by Crippen LogP contribution is -2.06. The van der Waals surface area contributed by atoms with E-state index in [0.29, 0.717) is 23.8 Å². The van der Waals surface area contributed by atoms with E-state index in [2.05, 4.69) is 21.1 Å². The average Bonchev–Trinajstić information content (AvgIpc) is 3.07. The van der Waals surface area contributed by atoms with Crippen LogP contribution in [0.4, 0.5) is 5.82 Å². The van der Waals surface area contributed by atoms with Crippen molar-refractivity contribution < 1.29 is 4.74 Å². The van der Waals surface area contributed by atoms with Gasteiger partial charge in [-0.2, -0.15) is 15.0 Å². The van der Waals surface area contributed by atoms with Gasteiger partial charge in [0.15, 0.2) is 0 Å². The molecule has 1 aliphatic rings. The summed E-state index contributed by atoms with van der Waals surface area (Å²) in [6.07, 6.45) is 4.84. The van der Waals surface area contributed by atoms with Crippen LogP contribution in [0.5, 0.6) is 0 Å². The van der Waals surface area contributed by atoms with Crippen molar-refractivity contribution in [3.8, 4) is 12.0 Å². The zero-order valence-corrected chi connectivity index (χ0v) is 10.2. The topological polar surface area (TPSA) is 103 Å². The molecule has 2 aromatic heterocycles. The van der Waals surface area contributed by atoms with E-state index in [1.807, 2.05) is 0 Å². The van der Waals surface area contributed by atoms with Crippen molar-refractivity contribution in [3.05, 3.63) is 29.7 Å². The van der Waals surface area contributed by atoms with Crippen LogP contribution in [-0.2, 0) is 4.74 Å². The Hall–Kier alpha value is -2.46. The number of hydrogen-bond donors (Lipinski definition) is 1. The molecule has 0 bridgehead atoms. The summed E-state index contributed by atoms with van der Waals surface area (Å²) < 4.78 is 6.95. The standard InChI is InChI=1S/C12H12N6O/c13-7-8-10(9-3-1-6-19-9)17-18(11(8)14)12-15-4-2-5-16-12/h2,4-5,9H,1,3,6,14H2. The van der Waals surface area contributed by atoms with Crippen LogP contribution in [0, 0.1) is 11.3 Å². The van der Waals surface area contributed by atoms with Crippen molar-refractivity contribution in [2.75, 3.05) is 12.3 Å². The first-order valence-electron chi connectivity index (χ1n) is 5.98. The Morgan fingerprint density at radius 1 is 1.42 bits per heavy atom. The van der Waals surface area contributed by atoms with E-state index in [0.717, 1.165) is 12.8 Å². The molecule has 3 rings (SSSR count). The van der Waals surface area contributed by atoms with Gasteiger partial charge in [-0.05, 0) is 18.9 Å². The largest absolute Gasteiger partial charge is 0.382 e. The molecule has 0 aliphatic carbocycles. The molecule has 7 heteroatoms. The molecule has 1 atom stereocenters. The van der Waals surface area contributed by atoms with E-state index in [1.54, 1.807) is 18.5 Å². The Balaban J connectivity index is 2.10. The van der Waals surface area contributed by atoms with Crippen LogP contribution in [0.25, 0.3) is 5.95 Å². The Morgan fingerprint density at radius 2 is 2.21 bits per heavy atom. The number of ether oxygens (including phenoxy) is 1. The number of aromatic nitrogens is 4. The minimum atomic E-state index is -0.165. The predicted octanol–water partition coefficient (Wildman–Crippen LogP) is 0.968. The quantitative estimate of drug-likeness (QED) is 0.858. The van der Waals surface area contributed by atoms with Gasteiger partial charge < -0.3 is 10.5 Å². The Kier molecular flexibility index (Phi) is 2.85. The molecule has 0 spiro atoms. The van der Waals surface area contributed by atoms with Gasteiger partial charge in [0.2, 0.25) is 0 Å². The van der Waals surface area contributed by atoms with Gasteiger partial charge in [0.25, 0.3) is 5.95 Å². The number of nitrogens with two attached hydrogens (primary N) is 1. The minimum absolute atomic E-state index is 0.165. The summed E-state index contributed by atoms with van der Waals surface area (Å²) in [5.41, 5.74) is 6.88. The molecule has 1 unspecified atom stereocenters. The van der Waals surface area contributed by atoms with E-state index in [4.69, 9.17) is 10.5 Å². The van der Waals surface area contributed by atoms with Crippen LogP contribution in [0.1, 0.15) is 30.2 Å². The SMILES string of the molecule is N#Cc1c(C2CCCO2)nn(-c2ncccn2)c1N. The number of nitrogen functional groups attached to an aromatic ring is 1. The van der Waals surface area contributed by atoms with Gasteiger partial charge in [-0.15, -0.1) is 0 Å². The number of nitriles is 1. The lowest BCUT2D eigenvalue weighted by molar-refractivity contribution is 0.108. The second kappa shape index (κ2) is 4.66. The molecule has 7 nitrogen and oxygen atoms in total. The maximum atomic E-state index is 9.24. The highest BCUT2D eigenvalue weighted by molar-refractivity contribution is 5.55. The zero-order chi connectivity index (χ0) is 13.2. The highest BCUT2D eigenvalue weighted by atomic mass is 16.5. The molecule has 0 aromatic carbocycles. The van der Waals surface area contributed by atoms with Gasteiger partial charge in [-0.1, -0.05) is 0 Å². The van der Waals surface area contributed by atoms with Crippen molar-refractivity contribution >= 4 is 5.82 Å². The van der Waals surface area contributed by atoms with Gasteiger partial charge in [-0.3, -0.25) is 0 Å². The van der Waals surface area contributed by atoms with E-state index in [-0.39, 0.29) is 11.9 Å². The van der Waals surface area contributed by atoms with Gasteiger partial charge in [0, 0.05) is 19.0 Å². The molecule has 1 saturated heterocycles. The number of nitrogens with zero attached hydrogens (tertiary/aromatic N) is 5. The van der Waals surface area contributed by atoms with Gasteiger partial charge in [0.05, 0.1) is 0 Å². The third kappa shape index (κ3) is 1.92. The summed E-state index contributed by atoms with van der Waals surface area (Å²) in [6, 6.07) is 3.79. The summed E-state index contributed by atoms with van der Waals surface area (Å²) in [4.78, 5) is 8.17. The molecule has 0 amide bonds. The second-order valence-electron chi connectivity index (χ2n) is 4.22. The number of anilines is 1. The van der Waals surface area contributed by atoms with E-state index >= 15 is 0 Å². The maximum Gasteiger partial charge on any atom is 0.252 e. The molecule has 3 heterocycles. The number of hydrogen-bond acceptors (Lipinski definition) is 6. The molecule has 0 saturated carbocycles. The highest BCUT2D eigenvalue weighted by Gasteiger charge is 2.27. The molecule has 0 radical (unpaired) electrons. The van der Waals surface area contributed by atoms with Crippen LogP contribution >= 0.6 is 0 Å². The summed E-state index contributed by atoms with van der Waals surface area (Å²) in [5.74, 6) is 0.597. The fourth-order valence-corrected chi connectivity index (χ4v) is 2.14.